The van der Waals surface area contributed by atoms with Crippen LogP contribution in [0.3, 0.4) is 0 Å². The first-order valence-electron chi connectivity index (χ1n) is 4.70. The normalized spacial score (nSPS) is 14.5. The second-order valence-electron chi connectivity index (χ2n) is 2.56. The molecule has 0 aromatic carbocycles. The van der Waals surface area contributed by atoms with Crippen LogP contribution in [0.4, 0.5) is 4.39 Å². The molecule has 0 saturated carbocycles. The van der Waals surface area contributed by atoms with Gasteiger partial charge in [0.15, 0.2) is 6.36 Å². The molecule has 5 heteroatoms. The Morgan fingerprint density at radius 3 is 1.85 bits per heavy atom. The van der Waals surface area contributed by atoms with Crippen LogP contribution in [0.15, 0.2) is 0 Å². The number of alkyl halides is 1. The minimum Gasteiger partial charge on any atom is -0.374 e. The van der Waals surface area contributed by atoms with Crippen molar-refractivity contribution in [2.24, 2.45) is 0 Å². The second kappa shape index (κ2) is 6.48. The Balaban J connectivity index is 4.24. The van der Waals surface area contributed by atoms with E-state index in [1.165, 1.54) is 6.92 Å². The van der Waals surface area contributed by atoms with Gasteiger partial charge in [0.1, 0.15) is 0 Å². The predicted octanol–water partition coefficient (Wildman–Crippen LogP) is 2.35. The predicted molar refractivity (Wildman–Crippen MR) is 51.1 cm³/mol. The van der Waals surface area contributed by atoms with Gasteiger partial charge < -0.3 is 13.3 Å². The fraction of sp³-hybridized carbons (Fsp3) is 1.00. The van der Waals surface area contributed by atoms with E-state index in [9.17, 15) is 4.39 Å². The maximum atomic E-state index is 12.7. The fourth-order valence-corrected chi connectivity index (χ4v) is 3.25. The highest BCUT2D eigenvalue weighted by Gasteiger charge is 2.40. The molecule has 13 heavy (non-hydrogen) atoms. The lowest BCUT2D eigenvalue weighted by Gasteiger charge is -2.28. The summed E-state index contributed by atoms with van der Waals surface area (Å²) in [5.41, 5.74) is 0. The molecule has 0 amide bonds. The molecule has 0 aliphatic rings. The molecule has 0 spiro atoms. The van der Waals surface area contributed by atoms with E-state index in [-0.39, 0.29) is 0 Å². The molecule has 1 unspecified atom stereocenters. The zero-order chi connectivity index (χ0) is 10.3. The van der Waals surface area contributed by atoms with Crippen LogP contribution in [-0.4, -0.2) is 28.4 Å². The molecular weight excluding hydrogens is 191 g/mol. The van der Waals surface area contributed by atoms with Gasteiger partial charge in [0.25, 0.3) is 0 Å². The quantitative estimate of drug-likeness (QED) is 0.604. The van der Waals surface area contributed by atoms with Crippen LogP contribution in [0, 0.1) is 0 Å². The summed E-state index contributed by atoms with van der Waals surface area (Å²) < 4.78 is 28.5. The van der Waals surface area contributed by atoms with Gasteiger partial charge in [0, 0.05) is 19.3 Å². The molecule has 0 aromatic heterocycles. The molecule has 3 nitrogen and oxygen atoms in total. The van der Waals surface area contributed by atoms with Gasteiger partial charge in [0.05, 0.1) is 0 Å². The van der Waals surface area contributed by atoms with Crippen LogP contribution in [0.1, 0.15) is 27.7 Å². The van der Waals surface area contributed by atoms with Crippen molar-refractivity contribution < 1.29 is 17.7 Å². The van der Waals surface area contributed by atoms with Crippen molar-refractivity contribution in [1.29, 1.82) is 0 Å². The zero-order valence-electron chi connectivity index (χ0n) is 8.80. The van der Waals surface area contributed by atoms with Crippen molar-refractivity contribution in [3.05, 3.63) is 0 Å². The maximum absolute atomic E-state index is 12.7. The van der Waals surface area contributed by atoms with E-state index in [1.807, 2.05) is 20.8 Å². The Bertz CT molecular complexity index is 127. The average Bonchev–Trinajstić information content (AvgIpc) is 2.04. The van der Waals surface area contributed by atoms with E-state index in [0.29, 0.717) is 19.3 Å². The molecule has 0 aromatic rings. The van der Waals surface area contributed by atoms with Crippen molar-refractivity contribution in [2.75, 3.05) is 13.2 Å². The molecule has 0 fully saturated rings. The van der Waals surface area contributed by atoms with Crippen LogP contribution in [0.5, 0.6) is 0 Å². The van der Waals surface area contributed by atoms with Gasteiger partial charge in [-0.25, -0.2) is 4.39 Å². The van der Waals surface area contributed by atoms with Gasteiger partial charge in [-0.3, -0.25) is 0 Å². The summed E-state index contributed by atoms with van der Waals surface area (Å²) in [6, 6.07) is 0.600. The van der Waals surface area contributed by atoms with Crippen LogP contribution in [0.25, 0.3) is 0 Å². The molecule has 0 heterocycles. The molecule has 0 saturated heterocycles. The van der Waals surface area contributed by atoms with E-state index < -0.39 is 15.2 Å². The molecule has 0 aliphatic carbocycles. The summed E-state index contributed by atoms with van der Waals surface area (Å²) in [5, 5.41) is 0. The molecular formula is C8H19FO3Si. The zero-order valence-corrected chi connectivity index (χ0v) is 9.80. The second-order valence-corrected chi connectivity index (χ2v) is 5.45. The van der Waals surface area contributed by atoms with Gasteiger partial charge in [-0.15, -0.1) is 0 Å². The third kappa shape index (κ3) is 4.71. The van der Waals surface area contributed by atoms with Gasteiger partial charge in [-0.2, -0.15) is 0 Å². The van der Waals surface area contributed by atoms with Gasteiger partial charge in [-0.05, 0) is 20.8 Å². The molecule has 1 atom stereocenters. The first-order valence-corrected chi connectivity index (χ1v) is 6.63. The van der Waals surface area contributed by atoms with Crippen LogP contribution >= 0.6 is 0 Å². The van der Waals surface area contributed by atoms with Gasteiger partial charge in [-0.1, -0.05) is 6.92 Å². The highest BCUT2D eigenvalue weighted by Crippen LogP contribution is 2.17. The molecule has 0 radical (unpaired) electrons. The third-order valence-corrected chi connectivity index (χ3v) is 4.51. The summed E-state index contributed by atoms with van der Waals surface area (Å²) >= 11 is 0. The first kappa shape index (κ1) is 13.0. The number of hydrogen-bond acceptors (Lipinski definition) is 3. The topological polar surface area (TPSA) is 27.7 Å². The van der Waals surface area contributed by atoms with Crippen molar-refractivity contribution >= 4 is 8.80 Å². The monoisotopic (exact) mass is 210 g/mol. The van der Waals surface area contributed by atoms with Crippen LogP contribution < -0.4 is 0 Å². The van der Waals surface area contributed by atoms with Crippen LogP contribution in [0.2, 0.25) is 6.04 Å². The minimum atomic E-state index is -2.71. The third-order valence-electron chi connectivity index (χ3n) is 1.50. The highest BCUT2D eigenvalue weighted by molar-refractivity contribution is 6.60. The Kier molecular flexibility index (Phi) is 6.49. The smallest absolute Gasteiger partial charge is 0.374 e. The SMILES string of the molecule is CCO[Si](CC)(OCC)OC(C)F. The minimum absolute atomic E-state index is 0.493. The fourth-order valence-electron chi connectivity index (χ4n) is 1.08. The van der Waals surface area contributed by atoms with E-state index in [2.05, 4.69) is 0 Å². The summed E-state index contributed by atoms with van der Waals surface area (Å²) in [5.74, 6) is 0. The van der Waals surface area contributed by atoms with E-state index in [1.54, 1.807) is 0 Å². The highest BCUT2D eigenvalue weighted by atomic mass is 28.4. The van der Waals surface area contributed by atoms with Crippen molar-refractivity contribution in [1.82, 2.24) is 0 Å². The Labute approximate surface area is 80.6 Å². The van der Waals surface area contributed by atoms with E-state index >= 15 is 0 Å². The van der Waals surface area contributed by atoms with E-state index in [4.69, 9.17) is 13.3 Å². The van der Waals surface area contributed by atoms with E-state index in [0.717, 1.165) is 0 Å². The summed E-state index contributed by atoms with van der Waals surface area (Å²) in [4.78, 5) is 0. The molecule has 0 bridgehead atoms. The first-order chi connectivity index (χ1) is 6.10. The average molecular weight is 210 g/mol. The molecule has 80 valence electrons. The molecule has 0 rings (SSSR count). The summed E-state index contributed by atoms with van der Waals surface area (Å²) in [7, 11) is -2.71. The van der Waals surface area contributed by atoms with Crippen molar-refractivity contribution in [3.8, 4) is 0 Å². The lowest BCUT2D eigenvalue weighted by atomic mass is 10.8. The van der Waals surface area contributed by atoms with Crippen molar-refractivity contribution in [2.45, 2.75) is 40.1 Å². The lowest BCUT2D eigenvalue weighted by molar-refractivity contribution is -0.0147. The number of hydrogen-bond donors (Lipinski definition) is 0. The summed E-state index contributed by atoms with van der Waals surface area (Å²) in [6.45, 7) is 7.92. The van der Waals surface area contributed by atoms with Gasteiger partial charge >= 0.3 is 8.80 Å². The Morgan fingerprint density at radius 1 is 1.15 bits per heavy atom. The standard InChI is InChI=1S/C8H19FO3Si/c1-5-10-13(7-3,11-6-2)12-8(4)9/h8H,5-7H2,1-4H3. The van der Waals surface area contributed by atoms with Crippen molar-refractivity contribution in [3.63, 3.8) is 0 Å². The molecule has 0 N–H and O–H groups in total. The summed E-state index contributed by atoms with van der Waals surface area (Å²) in [6.07, 6.45) is -1.33. The maximum Gasteiger partial charge on any atom is 0.502 e. The number of halogens is 1. The number of rotatable bonds is 7. The van der Waals surface area contributed by atoms with Crippen LogP contribution in [-0.2, 0) is 13.3 Å². The molecule has 0 aliphatic heterocycles. The largest absolute Gasteiger partial charge is 0.502 e. The Hall–Kier alpha value is 0.0269. The van der Waals surface area contributed by atoms with Gasteiger partial charge in [0.2, 0.25) is 0 Å². The Morgan fingerprint density at radius 2 is 1.62 bits per heavy atom. The lowest BCUT2D eigenvalue weighted by Crippen LogP contribution is -2.46.